The Morgan fingerprint density at radius 1 is 1.26 bits per heavy atom. The van der Waals surface area contributed by atoms with Gasteiger partial charge in [-0.1, -0.05) is 11.6 Å². The van der Waals surface area contributed by atoms with Crippen molar-refractivity contribution in [1.29, 1.82) is 0 Å². The molecule has 6 nitrogen and oxygen atoms in total. The summed E-state index contributed by atoms with van der Waals surface area (Å²) in [6.45, 7) is -0.435. The molecule has 0 spiro atoms. The summed E-state index contributed by atoms with van der Waals surface area (Å²) >= 11 is 6.06. The van der Waals surface area contributed by atoms with Crippen molar-refractivity contribution in [3.8, 4) is 17.2 Å². The monoisotopic (exact) mass is 392 g/mol. The molecule has 0 fully saturated rings. The van der Waals surface area contributed by atoms with E-state index in [0.29, 0.717) is 22.1 Å². The molecular weight excluding hydrogens is 379 g/mol. The van der Waals surface area contributed by atoms with E-state index in [9.17, 15) is 14.0 Å². The highest BCUT2D eigenvalue weighted by Gasteiger charge is 2.17. The third-order valence-corrected chi connectivity index (χ3v) is 3.96. The molecule has 2 aromatic rings. The first kappa shape index (κ1) is 18.7. The molecule has 1 aliphatic rings. The van der Waals surface area contributed by atoms with Crippen LogP contribution in [0.2, 0.25) is 5.02 Å². The Morgan fingerprint density at radius 2 is 2.07 bits per heavy atom. The van der Waals surface area contributed by atoms with Crippen LogP contribution in [0.1, 0.15) is 15.9 Å². The Labute approximate surface area is 159 Å². The molecule has 1 aliphatic heterocycles. The van der Waals surface area contributed by atoms with Crippen LogP contribution in [-0.4, -0.2) is 32.3 Å². The van der Waals surface area contributed by atoms with Crippen molar-refractivity contribution in [3.63, 3.8) is 0 Å². The molecule has 0 amide bonds. The molecule has 0 aromatic heterocycles. The Kier molecular flexibility index (Phi) is 5.61. The number of methoxy groups -OCH3 is 1. The molecule has 3 rings (SSSR count). The van der Waals surface area contributed by atoms with Crippen molar-refractivity contribution in [3.05, 3.63) is 58.4 Å². The summed E-state index contributed by atoms with van der Waals surface area (Å²) in [7, 11) is 1.32. The lowest BCUT2D eigenvalue weighted by atomic mass is 10.1. The molecule has 0 bridgehead atoms. The number of esters is 1. The van der Waals surface area contributed by atoms with Crippen molar-refractivity contribution in [2.45, 2.75) is 0 Å². The van der Waals surface area contributed by atoms with Gasteiger partial charge in [0, 0.05) is 11.6 Å². The van der Waals surface area contributed by atoms with Gasteiger partial charge in [0.1, 0.15) is 0 Å². The number of rotatable bonds is 6. The zero-order valence-corrected chi connectivity index (χ0v) is 14.9. The molecule has 2 aromatic carbocycles. The fourth-order valence-electron chi connectivity index (χ4n) is 2.36. The van der Waals surface area contributed by atoms with E-state index in [1.165, 1.54) is 25.3 Å². The number of Topliss-reactive ketones (excluding diaryl/α,β-unsaturated/α-hetero) is 1. The van der Waals surface area contributed by atoms with Gasteiger partial charge < -0.3 is 18.9 Å². The van der Waals surface area contributed by atoms with Gasteiger partial charge in [-0.15, -0.1) is 0 Å². The quantitative estimate of drug-likeness (QED) is 0.424. The minimum absolute atomic E-state index is 0.0221. The van der Waals surface area contributed by atoms with E-state index < -0.39 is 24.2 Å². The standard InChI is InChI=1S/C19H14ClFO6/c1-24-16-4-3-12(8-14(16)21)15(22)9-25-18(23)5-2-11-6-13(20)19-17(7-11)26-10-27-19/h2-8H,9-10H2,1H3/b5-2+. The number of halogens is 2. The first-order valence-electron chi connectivity index (χ1n) is 7.78. The highest BCUT2D eigenvalue weighted by Crippen LogP contribution is 2.40. The van der Waals surface area contributed by atoms with E-state index in [4.69, 9.17) is 30.5 Å². The first-order valence-corrected chi connectivity index (χ1v) is 8.16. The van der Waals surface area contributed by atoms with Crippen LogP contribution in [0.3, 0.4) is 0 Å². The van der Waals surface area contributed by atoms with Crippen molar-refractivity contribution >= 4 is 29.4 Å². The van der Waals surface area contributed by atoms with Crippen molar-refractivity contribution in [2.75, 3.05) is 20.5 Å². The predicted molar refractivity (Wildman–Crippen MR) is 94.9 cm³/mol. The molecule has 0 saturated carbocycles. The Bertz CT molecular complexity index is 925. The van der Waals surface area contributed by atoms with Crippen LogP contribution in [-0.2, 0) is 9.53 Å². The molecule has 8 heteroatoms. The first-order chi connectivity index (χ1) is 13.0. The molecule has 27 heavy (non-hydrogen) atoms. The molecule has 0 radical (unpaired) electrons. The largest absolute Gasteiger partial charge is 0.494 e. The zero-order chi connectivity index (χ0) is 19.4. The SMILES string of the molecule is COc1ccc(C(=O)COC(=O)/C=C/c2cc(Cl)c3c(c2)OCO3)cc1F. The van der Waals surface area contributed by atoms with Crippen LogP contribution in [0.15, 0.2) is 36.4 Å². The van der Waals surface area contributed by atoms with Crippen LogP contribution in [0.4, 0.5) is 4.39 Å². The lowest BCUT2D eigenvalue weighted by molar-refractivity contribution is -0.136. The van der Waals surface area contributed by atoms with Crippen LogP contribution < -0.4 is 14.2 Å². The second kappa shape index (κ2) is 8.09. The zero-order valence-electron chi connectivity index (χ0n) is 14.2. The van der Waals surface area contributed by atoms with E-state index in [1.807, 2.05) is 0 Å². The van der Waals surface area contributed by atoms with Gasteiger partial charge in [0.25, 0.3) is 0 Å². The third kappa shape index (κ3) is 4.38. The summed E-state index contributed by atoms with van der Waals surface area (Å²) in [6.07, 6.45) is 2.61. The maximum atomic E-state index is 13.6. The van der Waals surface area contributed by atoms with Crippen molar-refractivity contribution in [2.24, 2.45) is 0 Å². The number of fused-ring (bicyclic) bond motifs is 1. The van der Waals surface area contributed by atoms with Gasteiger partial charge >= 0.3 is 5.97 Å². The third-order valence-electron chi connectivity index (χ3n) is 3.68. The second-order valence-electron chi connectivity index (χ2n) is 5.45. The molecular formula is C19H14ClFO6. The minimum atomic E-state index is -0.730. The number of carbonyl (C=O) groups is 2. The summed E-state index contributed by atoms with van der Waals surface area (Å²) in [4.78, 5) is 23.8. The normalized spacial score (nSPS) is 12.3. The average molecular weight is 393 g/mol. The van der Waals surface area contributed by atoms with Crippen LogP contribution in [0.5, 0.6) is 17.2 Å². The topological polar surface area (TPSA) is 71.1 Å². The molecule has 0 N–H and O–H groups in total. The summed E-state index contributed by atoms with van der Waals surface area (Å²) in [5, 5.41) is 0.356. The number of hydrogen-bond acceptors (Lipinski definition) is 6. The van der Waals surface area contributed by atoms with E-state index in [0.717, 1.165) is 12.1 Å². The predicted octanol–water partition coefficient (Wildman–Crippen LogP) is 3.66. The van der Waals surface area contributed by atoms with Gasteiger partial charge in [0.15, 0.2) is 35.5 Å². The number of benzene rings is 2. The summed E-state index contributed by atoms with van der Waals surface area (Å²) < 4.78 is 33.7. The Hall–Kier alpha value is -3.06. The van der Waals surface area contributed by atoms with Crippen molar-refractivity contribution < 1.29 is 32.9 Å². The summed E-state index contributed by atoms with van der Waals surface area (Å²) in [5.74, 6) is -0.986. The van der Waals surface area contributed by atoms with E-state index in [2.05, 4.69) is 0 Å². The molecule has 0 saturated heterocycles. The Balaban J connectivity index is 1.58. The number of ketones is 1. The van der Waals surface area contributed by atoms with Crippen molar-refractivity contribution in [1.82, 2.24) is 0 Å². The lowest BCUT2D eigenvalue weighted by Gasteiger charge is -2.05. The van der Waals surface area contributed by atoms with Crippen LogP contribution in [0.25, 0.3) is 6.08 Å². The Morgan fingerprint density at radius 3 is 2.81 bits per heavy atom. The summed E-state index contributed by atoms with van der Waals surface area (Å²) in [5.41, 5.74) is 0.678. The average Bonchev–Trinajstić information content (AvgIpc) is 3.13. The molecule has 0 atom stereocenters. The highest BCUT2D eigenvalue weighted by molar-refractivity contribution is 6.32. The molecule has 0 aliphatic carbocycles. The van der Waals surface area contributed by atoms with Gasteiger partial charge in [0.05, 0.1) is 12.1 Å². The van der Waals surface area contributed by atoms with Gasteiger partial charge in [0.2, 0.25) is 6.79 Å². The second-order valence-corrected chi connectivity index (χ2v) is 5.86. The molecule has 1 heterocycles. The fraction of sp³-hybridized carbons (Fsp3) is 0.158. The van der Waals surface area contributed by atoms with E-state index in [-0.39, 0.29) is 18.1 Å². The maximum Gasteiger partial charge on any atom is 0.331 e. The maximum absolute atomic E-state index is 13.6. The van der Waals surface area contributed by atoms with E-state index >= 15 is 0 Å². The van der Waals surface area contributed by atoms with Gasteiger partial charge in [-0.05, 0) is 42.0 Å². The van der Waals surface area contributed by atoms with Gasteiger partial charge in [-0.3, -0.25) is 4.79 Å². The smallest absolute Gasteiger partial charge is 0.331 e. The van der Waals surface area contributed by atoms with E-state index in [1.54, 1.807) is 12.1 Å². The van der Waals surface area contributed by atoms with Gasteiger partial charge in [-0.2, -0.15) is 0 Å². The van der Waals surface area contributed by atoms with Crippen LogP contribution in [0, 0.1) is 5.82 Å². The molecule has 140 valence electrons. The summed E-state index contributed by atoms with van der Waals surface area (Å²) in [6, 6.07) is 7.00. The lowest BCUT2D eigenvalue weighted by Crippen LogP contribution is -2.12. The minimum Gasteiger partial charge on any atom is -0.494 e. The fourth-order valence-corrected chi connectivity index (χ4v) is 2.63. The number of carbonyl (C=O) groups excluding carboxylic acids is 2. The molecule has 0 unspecified atom stereocenters. The van der Waals surface area contributed by atoms with Crippen LogP contribution >= 0.6 is 11.6 Å². The number of hydrogen-bond donors (Lipinski definition) is 0. The highest BCUT2D eigenvalue weighted by atomic mass is 35.5. The number of ether oxygens (including phenoxy) is 4. The van der Waals surface area contributed by atoms with Gasteiger partial charge in [-0.25, -0.2) is 9.18 Å².